The highest BCUT2D eigenvalue weighted by atomic mass is 16.5. The van der Waals surface area contributed by atoms with E-state index in [1.165, 1.54) is 0 Å². The fraction of sp³-hybridized carbons (Fsp3) is 0.333. The lowest BCUT2D eigenvalue weighted by Gasteiger charge is -2.26. The maximum Gasteiger partial charge on any atom is 0.295 e. The summed E-state index contributed by atoms with van der Waals surface area (Å²) < 4.78 is 11.4. The predicted molar refractivity (Wildman–Crippen MR) is 109 cm³/mol. The number of hydrogen-bond acceptors (Lipinski definition) is 6. The lowest BCUT2D eigenvalue weighted by Crippen LogP contribution is -2.48. The number of carbonyl (C=O) groups excluding carboxylic acids is 2. The number of aromatic amines is 1. The van der Waals surface area contributed by atoms with Crippen LogP contribution in [0.2, 0.25) is 0 Å². The van der Waals surface area contributed by atoms with Crippen molar-refractivity contribution >= 4 is 22.6 Å². The van der Waals surface area contributed by atoms with Gasteiger partial charge >= 0.3 is 0 Å². The first kappa shape index (κ1) is 19.2. The van der Waals surface area contributed by atoms with Gasteiger partial charge in [0.15, 0.2) is 0 Å². The second kappa shape index (κ2) is 8.10. The molecule has 29 heavy (non-hydrogen) atoms. The molecule has 3 aromatic rings. The van der Waals surface area contributed by atoms with E-state index in [1.54, 1.807) is 24.3 Å². The molecule has 0 spiro atoms. The minimum absolute atomic E-state index is 0.309. The molecule has 152 valence electrons. The third-order valence-electron chi connectivity index (χ3n) is 5.14. The second-order valence-corrected chi connectivity index (χ2v) is 6.94. The van der Waals surface area contributed by atoms with Gasteiger partial charge in [0.05, 0.1) is 30.1 Å². The number of piperazine rings is 1. The molecule has 1 amide bonds. The van der Waals surface area contributed by atoms with Crippen molar-refractivity contribution in [2.24, 2.45) is 0 Å². The number of nitrogens with one attached hydrogen (secondary N) is 3. The van der Waals surface area contributed by atoms with Crippen molar-refractivity contribution in [2.45, 2.75) is 6.54 Å². The van der Waals surface area contributed by atoms with E-state index in [4.69, 9.17) is 9.15 Å². The Morgan fingerprint density at radius 3 is 2.72 bits per heavy atom. The Kier molecular flexibility index (Phi) is 5.37. The number of H-pyrrole nitrogens is 1. The topological polar surface area (TPSA) is 99.6 Å². The standard InChI is InChI=1S/C21H24N4O4/c1-22-11-13-3-5-16(29-13)14-4-6-17(28-2)18-15(12-24-19(14)18)20(26)21(27)25-9-7-23-8-10-25/h3-6,12,22-24H,7-11H2,1-2H3. The second-order valence-electron chi connectivity index (χ2n) is 6.94. The van der Waals surface area contributed by atoms with E-state index in [0.717, 1.165) is 11.3 Å². The molecule has 1 aromatic carbocycles. The number of hydrogen-bond donors (Lipinski definition) is 3. The molecule has 3 N–H and O–H groups in total. The van der Waals surface area contributed by atoms with Gasteiger partial charge in [-0.1, -0.05) is 0 Å². The van der Waals surface area contributed by atoms with E-state index in [0.29, 0.717) is 60.7 Å². The molecule has 1 saturated heterocycles. The summed E-state index contributed by atoms with van der Waals surface area (Å²) in [5.74, 6) is 0.988. The van der Waals surface area contributed by atoms with Crippen LogP contribution in [0.1, 0.15) is 16.1 Å². The number of benzene rings is 1. The van der Waals surface area contributed by atoms with Crippen molar-refractivity contribution in [2.75, 3.05) is 40.3 Å². The molecule has 1 fully saturated rings. The number of rotatable bonds is 6. The number of Topliss-reactive ketones (excluding diaryl/α,β-unsaturated/α-hetero) is 1. The number of methoxy groups -OCH3 is 1. The zero-order valence-electron chi connectivity index (χ0n) is 16.5. The van der Waals surface area contributed by atoms with Crippen molar-refractivity contribution < 1.29 is 18.7 Å². The van der Waals surface area contributed by atoms with Crippen LogP contribution in [0.15, 0.2) is 34.9 Å². The first-order chi connectivity index (χ1) is 14.1. The number of aromatic nitrogens is 1. The molecule has 2 aromatic heterocycles. The summed E-state index contributed by atoms with van der Waals surface area (Å²) in [6.07, 6.45) is 1.58. The van der Waals surface area contributed by atoms with Crippen LogP contribution < -0.4 is 15.4 Å². The van der Waals surface area contributed by atoms with Crippen LogP contribution in [0.5, 0.6) is 5.75 Å². The summed E-state index contributed by atoms with van der Waals surface area (Å²) in [6, 6.07) is 7.47. The first-order valence-electron chi connectivity index (χ1n) is 9.60. The molecular formula is C21H24N4O4. The zero-order chi connectivity index (χ0) is 20.4. The van der Waals surface area contributed by atoms with Gasteiger partial charge in [0, 0.05) is 37.9 Å². The zero-order valence-corrected chi connectivity index (χ0v) is 16.5. The molecule has 0 unspecified atom stereocenters. The average Bonchev–Trinajstić information content (AvgIpc) is 3.40. The van der Waals surface area contributed by atoms with E-state index >= 15 is 0 Å². The number of amides is 1. The molecule has 1 aliphatic rings. The van der Waals surface area contributed by atoms with Gasteiger partial charge < -0.3 is 29.7 Å². The van der Waals surface area contributed by atoms with E-state index < -0.39 is 11.7 Å². The van der Waals surface area contributed by atoms with Crippen molar-refractivity contribution in [3.05, 3.63) is 41.8 Å². The number of ether oxygens (including phenoxy) is 1. The Morgan fingerprint density at radius 2 is 2.00 bits per heavy atom. The Labute approximate surface area is 168 Å². The van der Waals surface area contributed by atoms with Gasteiger partial charge in [-0.3, -0.25) is 9.59 Å². The van der Waals surface area contributed by atoms with Gasteiger partial charge in [-0.05, 0) is 31.3 Å². The molecule has 8 nitrogen and oxygen atoms in total. The average molecular weight is 396 g/mol. The summed E-state index contributed by atoms with van der Waals surface area (Å²) >= 11 is 0. The normalized spacial score (nSPS) is 14.3. The van der Waals surface area contributed by atoms with Gasteiger partial charge in [0.25, 0.3) is 11.7 Å². The van der Waals surface area contributed by atoms with Gasteiger partial charge in [-0.15, -0.1) is 0 Å². The highest BCUT2D eigenvalue weighted by Crippen LogP contribution is 2.37. The monoisotopic (exact) mass is 396 g/mol. The van der Waals surface area contributed by atoms with Crippen LogP contribution in [0.25, 0.3) is 22.2 Å². The summed E-state index contributed by atoms with van der Waals surface area (Å²) in [5, 5.41) is 6.82. The minimum Gasteiger partial charge on any atom is -0.496 e. The quantitative estimate of drug-likeness (QED) is 0.434. The summed E-state index contributed by atoms with van der Waals surface area (Å²) in [5.41, 5.74) is 1.81. The van der Waals surface area contributed by atoms with Crippen molar-refractivity contribution in [3.8, 4) is 17.1 Å². The Balaban J connectivity index is 1.75. The fourth-order valence-corrected chi connectivity index (χ4v) is 3.69. The Bertz CT molecular complexity index is 1050. The third kappa shape index (κ3) is 3.52. The SMILES string of the molecule is CNCc1ccc(-c2ccc(OC)c3c(C(=O)C(=O)N4CCNCC4)c[nH]c23)o1. The number of fused-ring (bicyclic) bond motifs is 1. The van der Waals surface area contributed by atoms with Gasteiger partial charge in [0.2, 0.25) is 0 Å². The highest BCUT2D eigenvalue weighted by Gasteiger charge is 2.28. The van der Waals surface area contributed by atoms with E-state index in [-0.39, 0.29) is 0 Å². The summed E-state index contributed by atoms with van der Waals surface area (Å²) in [6.45, 7) is 3.04. The largest absolute Gasteiger partial charge is 0.496 e. The predicted octanol–water partition coefficient (Wildman–Crippen LogP) is 1.77. The highest BCUT2D eigenvalue weighted by molar-refractivity contribution is 6.45. The first-order valence-corrected chi connectivity index (χ1v) is 9.60. The molecule has 0 aliphatic carbocycles. The van der Waals surface area contributed by atoms with Crippen molar-refractivity contribution in [1.82, 2.24) is 20.5 Å². The molecule has 8 heteroatoms. The van der Waals surface area contributed by atoms with Crippen LogP contribution in [-0.4, -0.2) is 61.9 Å². The van der Waals surface area contributed by atoms with Crippen molar-refractivity contribution in [3.63, 3.8) is 0 Å². The van der Waals surface area contributed by atoms with E-state index in [2.05, 4.69) is 15.6 Å². The molecule has 4 rings (SSSR count). The number of carbonyl (C=O) groups is 2. The fourth-order valence-electron chi connectivity index (χ4n) is 3.69. The van der Waals surface area contributed by atoms with Gasteiger partial charge in [-0.2, -0.15) is 0 Å². The van der Waals surface area contributed by atoms with E-state index in [1.807, 2.05) is 25.2 Å². The van der Waals surface area contributed by atoms with Crippen LogP contribution in [0, 0.1) is 0 Å². The van der Waals surface area contributed by atoms with Crippen LogP contribution in [-0.2, 0) is 11.3 Å². The van der Waals surface area contributed by atoms with Crippen LogP contribution in [0.4, 0.5) is 0 Å². The lowest BCUT2D eigenvalue weighted by molar-refractivity contribution is -0.126. The Morgan fingerprint density at radius 1 is 1.21 bits per heavy atom. The van der Waals surface area contributed by atoms with Gasteiger partial charge in [-0.25, -0.2) is 0 Å². The van der Waals surface area contributed by atoms with Crippen LogP contribution >= 0.6 is 0 Å². The lowest BCUT2D eigenvalue weighted by atomic mass is 10.0. The number of nitrogens with zero attached hydrogens (tertiary/aromatic N) is 1. The molecule has 0 saturated carbocycles. The van der Waals surface area contributed by atoms with Crippen LogP contribution in [0.3, 0.4) is 0 Å². The van der Waals surface area contributed by atoms with Crippen molar-refractivity contribution in [1.29, 1.82) is 0 Å². The summed E-state index contributed by atoms with van der Waals surface area (Å²) in [4.78, 5) is 30.5. The summed E-state index contributed by atoms with van der Waals surface area (Å²) in [7, 11) is 3.40. The Hall–Kier alpha value is -3.10. The number of ketones is 1. The molecular weight excluding hydrogens is 372 g/mol. The minimum atomic E-state index is -0.538. The maximum atomic E-state index is 13.0. The molecule has 0 atom stereocenters. The van der Waals surface area contributed by atoms with Gasteiger partial charge in [0.1, 0.15) is 17.3 Å². The molecule has 3 heterocycles. The molecule has 0 bridgehead atoms. The van der Waals surface area contributed by atoms with E-state index in [9.17, 15) is 9.59 Å². The molecule has 1 aliphatic heterocycles. The number of furan rings is 1. The molecule has 0 radical (unpaired) electrons. The smallest absolute Gasteiger partial charge is 0.295 e. The maximum absolute atomic E-state index is 13.0. The third-order valence-corrected chi connectivity index (χ3v) is 5.14.